The predicted molar refractivity (Wildman–Crippen MR) is 124 cm³/mol. The molecule has 0 saturated carbocycles. The highest BCUT2D eigenvalue weighted by Crippen LogP contribution is 2.21. The van der Waals surface area contributed by atoms with Crippen molar-refractivity contribution in [1.82, 2.24) is 15.4 Å². The Balaban J connectivity index is 1.73. The van der Waals surface area contributed by atoms with Crippen LogP contribution in [0.3, 0.4) is 0 Å². The van der Waals surface area contributed by atoms with Crippen LogP contribution in [0.4, 0.5) is 14.6 Å². The molecule has 0 aliphatic rings. The fourth-order valence-corrected chi connectivity index (χ4v) is 3.56. The molecule has 1 atom stereocenters. The van der Waals surface area contributed by atoms with Crippen molar-refractivity contribution in [2.45, 2.75) is 25.9 Å². The van der Waals surface area contributed by atoms with Gasteiger partial charge in [-0.15, -0.1) is 0 Å². The standard InChI is InChI=1S/C23H24ClF2N5O3/c1-15(33)31(29-12-17-3-2-4-21(26)23(17)24)20(7-8-27)13-34-30(14-32)22-10-18-9-19(25)6-5-16(18)11-28-22/h2-6,9-11,14,20,29H,7-8,12-13,27H2,1H3/t20-/m0/s1. The van der Waals surface area contributed by atoms with Gasteiger partial charge in [0.1, 0.15) is 11.6 Å². The molecule has 0 aliphatic carbocycles. The summed E-state index contributed by atoms with van der Waals surface area (Å²) in [5.41, 5.74) is 9.12. The first-order valence-electron chi connectivity index (χ1n) is 10.4. The van der Waals surface area contributed by atoms with E-state index in [9.17, 15) is 18.4 Å². The minimum Gasteiger partial charge on any atom is -0.330 e. The van der Waals surface area contributed by atoms with Gasteiger partial charge in [0.25, 0.3) is 0 Å². The molecule has 1 heterocycles. The number of rotatable bonds is 11. The number of hydrogen-bond donors (Lipinski definition) is 2. The molecule has 1 aromatic heterocycles. The maximum Gasteiger partial charge on any atom is 0.239 e. The molecular formula is C23H24ClF2N5O3. The van der Waals surface area contributed by atoms with E-state index in [0.717, 1.165) is 5.06 Å². The molecule has 180 valence electrons. The van der Waals surface area contributed by atoms with Crippen molar-refractivity contribution < 1.29 is 23.2 Å². The summed E-state index contributed by atoms with van der Waals surface area (Å²) in [6.45, 7) is 1.55. The molecule has 0 radical (unpaired) electrons. The summed E-state index contributed by atoms with van der Waals surface area (Å²) in [4.78, 5) is 33.8. The number of carbonyl (C=O) groups excluding carboxylic acids is 2. The zero-order valence-electron chi connectivity index (χ0n) is 18.4. The average Bonchev–Trinajstić information content (AvgIpc) is 2.81. The van der Waals surface area contributed by atoms with Gasteiger partial charge in [0.15, 0.2) is 5.82 Å². The molecule has 2 amide bonds. The summed E-state index contributed by atoms with van der Waals surface area (Å²) in [5.74, 6) is -1.19. The number of hydrazine groups is 1. The zero-order valence-corrected chi connectivity index (χ0v) is 19.1. The van der Waals surface area contributed by atoms with Crippen molar-refractivity contribution in [1.29, 1.82) is 0 Å². The summed E-state index contributed by atoms with van der Waals surface area (Å²) in [7, 11) is 0. The molecule has 3 N–H and O–H groups in total. The molecule has 8 nitrogen and oxygen atoms in total. The monoisotopic (exact) mass is 491 g/mol. The Morgan fingerprint density at radius 3 is 2.76 bits per heavy atom. The molecule has 11 heteroatoms. The number of nitrogens with zero attached hydrogens (tertiary/aromatic N) is 3. The van der Waals surface area contributed by atoms with Gasteiger partial charge < -0.3 is 5.73 Å². The quantitative estimate of drug-likeness (QED) is 0.315. The SMILES string of the molecule is CC(=O)N(NCc1cccc(F)c1Cl)[C@@H](CCN)CON(C=O)c1cc2cc(F)ccc2cn1. The molecule has 3 aromatic rings. The normalized spacial score (nSPS) is 11.9. The second-order valence-electron chi connectivity index (χ2n) is 7.43. The van der Waals surface area contributed by atoms with Gasteiger partial charge in [-0.25, -0.2) is 19.2 Å². The van der Waals surface area contributed by atoms with Crippen molar-refractivity contribution in [2.75, 3.05) is 18.2 Å². The maximum absolute atomic E-state index is 13.7. The number of hydrogen-bond acceptors (Lipinski definition) is 6. The van der Waals surface area contributed by atoms with Crippen LogP contribution >= 0.6 is 11.6 Å². The zero-order chi connectivity index (χ0) is 24.7. The van der Waals surface area contributed by atoms with Crippen molar-refractivity contribution in [3.63, 3.8) is 0 Å². The van der Waals surface area contributed by atoms with E-state index in [1.54, 1.807) is 12.1 Å². The molecule has 0 saturated heterocycles. The second kappa shape index (κ2) is 11.8. The lowest BCUT2D eigenvalue weighted by Crippen LogP contribution is -2.51. The van der Waals surface area contributed by atoms with Crippen LogP contribution < -0.4 is 16.2 Å². The summed E-state index contributed by atoms with van der Waals surface area (Å²) in [5, 5.41) is 3.39. The van der Waals surface area contributed by atoms with E-state index in [4.69, 9.17) is 22.2 Å². The van der Waals surface area contributed by atoms with Gasteiger partial charge in [0.2, 0.25) is 12.3 Å². The first-order chi connectivity index (χ1) is 16.3. The number of pyridine rings is 1. The van der Waals surface area contributed by atoms with E-state index in [2.05, 4.69) is 10.4 Å². The van der Waals surface area contributed by atoms with E-state index in [1.807, 2.05) is 0 Å². The lowest BCUT2D eigenvalue weighted by atomic mass is 10.2. The smallest absolute Gasteiger partial charge is 0.239 e. The second-order valence-corrected chi connectivity index (χ2v) is 7.81. The first-order valence-corrected chi connectivity index (χ1v) is 10.8. The van der Waals surface area contributed by atoms with Crippen molar-refractivity contribution in [2.24, 2.45) is 5.73 Å². The predicted octanol–water partition coefficient (Wildman–Crippen LogP) is 3.33. The van der Waals surface area contributed by atoms with Gasteiger partial charge in [0.05, 0.1) is 17.7 Å². The first kappa shape index (κ1) is 25.4. The van der Waals surface area contributed by atoms with Gasteiger partial charge in [-0.3, -0.25) is 19.4 Å². The lowest BCUT2D eigenvalue weighted by molar-refractivity contribution is -0.137. The van der Waals surface area contributed by atoms with Crippen LogP contribution in [0.1, 0.15) is 18.9 Å². The van der Waals surface area contributed by atoms with Crippen LogP contribution in [-0.2, 0) is 21.0 Å². The minimum atomic E-state index is -0.574. The highest BCUT2D eigenvalue weighted by atomic mass is 35.5. The number of amides is 2. The highest BCUT2D eigenvalue weighted by Gasteiger charge is 2.23. The minimum absolute atomic E-state index is 0.0453. The third kappa shape index (κ3) is 6.23. The topological polar surface area (TPSA) is 101 Å². The summed E-state index contributed by atoms with van der Waals surface area (Å²) in [6.07, 6.45) is 2.25. The van der Waals surface area contributed by atoms with Crippen molar-refractivity contribution >= 4 is 40.5 Å². The fraction of sp³-hybridized carbons (Fsp3) is 0.261. The van der Waals surface area contributed by atoms with Crippen LogP contribution in [0.2, 0.25) is 5.02 Å². The Hall–Kier alpha value is -3.18. The number of fused-ring (bicyclic) bond motifs is 1. The third-order valence-corrected chi connectivity index (χ3v) is 5.50. The van der Waals surface area contributed by atoms with E-state index in [1.165, 1.54) is 48.5 Å². The van der Waals surface area contributed by atoms with Crippen LogP contribution in [0.25, 0.3) is 10.8 Å². The van der Waals surface area contributed by atoms with Crippen LogP contribution in [-0.4, -0.2) is 41.5 Å². The molecule has 0 fully saturated rings. The Bertz CT molecular complexity index is 1170. The highest BCUT2D eigenvalue weighted by molar-refractivity contribution is 6.31. The van der Waals surface area contributed by atoms with Crippen molar-refractivity contribution in [3.8, 4) is 0 Å². The van der Waals surface area contributed by atoms with Gasteiger partial charge in [-0.05, 0) is 54.2 Å². The lowest BCUT2D eigenvalue weighted by Gasteiger charge is -2.32. The summed E-state index contributed by atoms with van der Waals surface area (Å²) in [6, 6.07) is 9.53. The summed E-state index contributed by atoms with van der Waals surface area (Å²) < 4.78 is 27.3. The fourth-order valence-electron chi connectivity index (χ4n) is 3.37. The summed E-state index contributed by atoms with van der Waals surface area (Å²) >= 11 is 6.00. The molecular weight excluding hydrogens is 468 g/mol. The molecule has 34 heavy (non-hydrogen) atoms. The number of aromatic nitrogens is 1. The number of carbonyl (C=O) groups is 2. The van der Waals surface area contributed by atoms with Gasteiger partial charge in [-0.2, -0.15) is 5.06 Å². The molecule has 0 unspecified atom stereocenters. The number of hydroxylamine groups is 1. The van der Waals surface area contributed by atoms with E-state index in [0.29, 0.717) is 29.2 Å². The Morgan fingerprint density at radius 1 is 1.26 bits per heavy atom. The number of halogens is 3. The number of nitrogens with one attached hydrogen (secondary N) is 1. The van der Waals surface area contributed by atoms with E-state index in [-0.39, 0.29) is 36.4 Å². The van der Waals surface area contributed by atoms with Crippen molar-refractivity contribution in [3.05, 3.63) is 70.9 Å². The number of benzene rings is 2. The van der Waals surface area contributed by atoms with Crippen LogP contribution in [0.5, 0.6) is 0 Å². The van der Waals surface area contributed by atoms with Gasteiger partial charge in [-0.1, -0.05) is 23.7 Å². The molecule has 0 bridgehead atoms. The molecule has 0 aliphatic heterocycles. The third-order valence-electron chi connectivity index (χ3n) is 5.07. The molecule has 0 spiro atoms. The van der Waals surface area contributed by atoms with Gasteiger partial charge in [0, 0.05) is 25.1 Å². The molecule has 3 rings (SSSR count). The Kier molecular flexibility index (Phi) is 8.83. The largest absolute Gasteiger partial charge is 0.330 e. The van der Waals surface area contributed by atoms with E-state index >= 15 is 0 Å². The average molecular weight is 492 g/mol. The maximum atomic E-state index is 13.7. The van der Waals surface area contributed by atoms with E-state index < -0.39 is 17.7 Å². The Labute approximate surface area is 200 Å². The van der Waals surface area contributed by atoms with Gasteiger partial charge >= 0.3 is 0 Å². The number of nitrogens with two attached hydrogens (primary N) is 1. The van der Waals surface area contributed by atoms with Crippen LogP contribution in [0.15, 0.2) is 48.7 Å². The molecule has 2 aromatic carbocycles. The Morgan fingerprint density at radius 2 is 2.06 bits per heavy atom. The number of anilines is 1. The van der Waals surface area contributed by atoms with Crippen LogP contribution in [0, 0.1) is 11.6 Å².